The Balaban J connectivity index is 1.46. The number of carbonyl (C=O) groups excluding carboxylic acids is 1. The van der Waals surface area contributed by atoms with Crippen molar-refractivity contribution in [2.75, 3.05) is 5.32 Å². The third-order valence-corrected chi connectivity index (χ3v) is 4.85. The Hall–Kier alpha value is -4.00. The average molecular weight is 399 g/mol. The second-order valence-electron chi connectivity index (χ2n) is 6.90. The van der Waals surface area contributed by atoms with E-state index in [1.165, 1.54) is 6.33 Å². The molecule has 30 heavy (non-hydrogen) atoms. The fraction of sp³-hybridized carbons (Fsp3) is 0.130. The molecule has 1 N–H and O–H groups in total. The molecule has 0 unspecified atom stereocenters. The van der Waals surface area contributed by atoms with Gasteiger partial charge in [-0.3, -0.25) is 9.36 Å². The van der Waals surface area contributed by atoms with Gasteiger partial charge in [-0.05, 0) is 56.7 Å². The standard InChI is InChI=1S/C23H21N5O2/c1-15-6-4-5-7-20(15)23(29)27-18-8-10-19(11-9-18)30-22-12-21(24-13-25-22)28-14-26-16(2)17(28)3/h4-14H,1-3H3,(H,27,29). The Morgan fingerprint density at radius 1 is 0.967 bits per heavy atom. The van der Waals surface area contributed by atoms with E-state index < -0.39 is 0 Å². The van der Waals surface area contributed by atoms with Gasteiger partial charge in [-0.15, -0.1) is 0 Å². The number of aryl methyl sites for hydroxylation is 2. The average Bonchev–Trinajstić information content (AvgIpc) is 3.08. The monoisotopic (exact) mass is 399 g/mol. The van der Waals surface area contributed by atoms with Crippen molar-refractivity contribution >= 4 is 11.6 Å². The minimum atomic E-state index is -0.145. The highest BCUT2D eigenvalue weighted by Gasteiger charge is 2.10. The highest BCUT2D eigenvalue weighted by atomic mass is 16.5. The highest BCUT2D eigenvalue weighted by molar-refractivity contribution is 6.05. The number of carbonyl (C=O) groups is 1. The number of anilines is 1. The van der Waals surface area contributed by atoms with Crippen molar-refractivity contribution in [1.82, 2.24) is 19.5 Å². The van der Waals surface area contributed by atoms with E-state index in [1.54, 1.807) is 42.7 Å². The maximum Gasteiger partial charge on any atom is 0.255 e. The Bertz CT molecular complexity index is 1200. The zero-order chi connectivity index (χ0) is 21.1. The zero-order valence-corrected chi connectivity index (χ0v) is 17.0. The molecular weight excluding hydrogens is 378 g/mol. The Morgan fingerprint density at radius 2 is 1.73 bits per heavy atom. The molecule has 0 atom stereocenters. The van der Waals surface area contributed by atoms with Crippen LogP contribution < -0.4 is 10.1 Å². The summed E-state index contributed by atoms with van der Waals surface area (Å²) in [6.45, 7) is 5.84. The predicted molar refractivity (Wildman–Crippen MR) is 114 cm³/mol. The van der Waals surface area contributed by atoms with Crippen LogP contribution in [0.25, 0.3) is 5.82 Å². The minimum absolute atomic E-state index is 0.145. The van der Waals surface area contributed by atoms with Gasteiger partial charge in [0.1, 0.15) is 24.2 Å². The number of imidazole rings is 1. The maximum atomic E-state index is 12.4. The van der Waals surface area contributed by atoms with Gasteiger partial charge in [-0.2, -0.15) is 0 Å². The lowest BCUT2D eigenvalue weighted by atomic mass is 10.1. The van der Waals surface area contributed by atoms with Gasteiger partial charge in [0.25, 0.3) is 5.91 Å². The van der Waals surface area contributed by atoms with Gasteiger partial charge in [0, 0.05) is 23.0 Å². The van der Waals surface area contributed by atoms with Crippen molar-refractivity contribution in [3.05, 3.63) is 89.8 Å². The van der Waals surface area contributed by atoms with Gasteiger partial charge in [-0.25, -0.2) is 15.0 Å². The SMILES string of the molecule is Cc1ccccc1C(=O)Nc1ccc(Oc2cc(-n3cnc(C)c3C)ncn2)cc1. The van der Waals surface area contributed by atoms with Crippen molar-refractivity contribution in [3.8, 4) is 17.4 Å². The molecule has 0 fully saturated rings. The van der Waals surface area contributed by atoms with Crippen molar-refractivity contribution in [2.45, 2.75) is 20.8 Å². The number of ether oxygens (including phenoxy) is 1. The second kappa shape index (κ2) is 8.16. The van der Waals surface area contributed by atoms with Crippen molar-refractivity contribution in [3.63, 3.8) is 0 Å². The van der Waals surface area contributed by atoms with Crippen LogP contribution in [0.2, 0.25) is 0 Å². The summed E-state index contributed by atoms with van der Waals surface area (Å²) in [4.78, 5) is 25.2. The Morgan fingerprint density at radius 3 is 2.43 bits per heavy atom. The largest absolute Gasteiger partial charge is 0.439 e. The first-order valence-corrected chi connectivity index (χ1v) is 9.49. The minimum Gasteiger partial charge on any atom is -0.439 e. The van der Waals surface area contributed by atoms with Crippen LogP contribution >= 0.6 is 0 Å². The molecule has 150 valence electrons. The van der Waals surface area contributed by atoms with Gasteiger partial charge < -0.3 is 10.1 Å². The summed E-state index contributed by atoms with van der Waals surface area (Å²) < 4.78 is 7.74. The first-order valence-electron chi connectivity index (χ1n) is 9.49. The summed E-state index contributed by atoms with van der Waals surface area (Å²) in [7, 11) is 0. The molecular formula is C23H21N5O2. The van der Waals surface area contributed by atoms with E-state index in [9.17, 15) is 4.79 Å². The molecule has 0 spiro atoms. The predicted octanol–water partition coefficient (Wildman–Crippen LogP) is 4.63. The van der Waals surface area contributed by atoms with Crippen LogP contribution in [0.5, 0.6) is 11.6 Å². The summed E-state index contributed by atoms with van der Waals surface area (Å²) in [5.74, 6) is 1.56. The number of nitrogens with zero attached hydrogens (tertiary/aromatic N) is 4. The number of hydrogen-bond acceptors (Lipinski definition) is 5. The van der Waals surface area contributed by atoms with Crippen molar-refractivity contribution in [2.24, 2.45) is 0 Å². The maximum absolute atomic E-state index is 12.4. The summed E-state index contributed by atoms with van der Waals surface area (Å²) in [6, 6.07) is 16.4. The summed E-state index contributed by atoms with van der Waals surface area (Å²) >= 11 is 0. The third kappa shape index (κ3) is 4.05. The molecule has 0 saturated heterocycles. The van der Waals surface area contributed by atoms with Crippen LogP contribution in [-0.4, -0.2) is 25.4 Å². The molecule has 2 heterocycles. The highest BCUT2D eigenvalue weighted by Crippen LogP contribution is 2.23. The van der Waals surface area contributed by atoms with E-state index in [4.69, 9.17) is 4.74 Å². The Kier molecular flexibility index (Phi) is 5.26. The molecule has 4 aromatic rings. The fourth-order valence-corrected chi connectivity index (χ4v) is 3.00. The number of amides is 1. The summed E-state index contributed by atoms with van der Waals surface area (Å²) in [5, 5.41) is 2.90. The topological polar surface area (TPSA) is 81.9 Å². The van der Waals surface area contributed by atoms with Crippen LogP contribution in [0.15, 0.2) is 67.3 Å². The second-order valence-corrected chi connectivity index (χ2v) is 6.90. The third-order valence-electron chi connectivity index (χ3n) is 4.85. The lowest BCUT2D eigenvalue weighted by Crippen LogP contribution is -2.13. The number of rotatable bonds is 5. The molecule has 0 aliphatic rings. The molecule has 1 amide bonds. The molecule has 0 radical (unpaired) electrons. The van der Waals surface area contributed by atoms with Crippen molar-refractivity contribution in [1.29, 1.82) is 0 Å². The van der Waals surface area contributed by atoms with Crippen LogP contribution in [0.4, 0.5) is 5.69 Å². The molecule has 4 rings (SSSR count). The van der Waals surface area contributed by atoms with Gasteiger partial charge in [0.2, 0.25) is 5.88 Å². The molecule has 7 nitrogen and oxygen atoms in total. The first-order chi connectivity index (χ1) is 14.5. The van der Waals surface area contributed by atoms with Crippen LogP contribution in [-0.2, 0) is 0 Å². The van der Waals surface area contributed by atoms with E-state index >= 15 is 0 Å². The van der Waals surface area contributed by atoms with Gasteiger partial charge in [0.05, 0.1) is 5.69 Å². The molecule has 2 aromatic carbocycles. The van der Waals surface area contributed by atoms with E-state index in [2.05, 4.69) is 20.3 Å². The number of aromatic nitrogens is 4. The normalized spacial score (nSPS) is 10.6. The summed E-state index contributed by atoms with van der Waals surface area (Å²) in [6.07, 6.45) is 3.18. The number of nitrogens with one attached hydrogen (secondary N) is 1. The number of hydrogen-bond donors (Lipinski definition) is 1. The smallest absolute Gasteiger partial charge is 0.255 e. The molecule has 7 heteroatoms. The Labute approximate surface area is 174 Å². The van der Waals surface area contributed by atoms with Crippen LogP contribution in [0.1, 0.15) is 27.3 Å². The van der Waals surface area contributed by atoms with Gasteiger partial charge in [-0.1, -0.05) is 18.2 Å². The van der Waals surface area contributed by atoms with E-state index in [0.717, 1.165) is 17.0 Å². The van der Waals surface area contributed by atoms with E-state index in [-0.39, 0.29) is 5.91 Å². The van der Waals surface area contributed by atoms with Crippen molar-refractivity contribution < 1.29 is 9.53 Å². The quantitative estimate of drug-likeness (QED) is 0.529. The van der Waals surface area contributed by atoms with E-state index in [0.29, 0.717) is 28.7 Å². The first kappa shape index (κ1) is 19.3. The fourth-order valence-electron chi connectivity index (χ4n) is 3.00. The van der Waals surface area contributed by atoms with Crippen LogP contribution in [0.3, 0.4) is 0 Å². The molecule has 2 aromatic heterocycles. The van der Waals surface area contributed by atoms with Gasteiger partial charge in [0.15, 0.2) is 0 Å². The molecule has 0 saturated carbocycles. The lowest BCUT2D eigenvalue weighted by Gasteiger charge is -2.10. The lowest BCUT2D eigenvalue weighted by molar-refractivity contribution is 0.102. The summed E-state index contributed by atoms with van der Waals surface area (Å²) in [5.41, 5.74) is 4.21. The van der Waals surface area contributed by atoms with E-state index in [1.807, 2.05) is 43.5 Å². The zero-order valence-electron chi connectivity index (χ0n) is 17.0. The molecule has 0 bridgehead atoms. The molecule has 0 aliphatic heterocycles. The van der Waals surface area contributed by atoms with Gasteiger partial charge >= 0.3 is 0 Å². The molecule has 0 aliphatic carbocycles. The number of benzene rings is 2. The van der Waals surface area contributed by atoms with Crippen LogP contribution in [0, 0.1) is 20.8 Å².